The normalized spacial score (nSPS) is 13.2. The Morgan fingerprint density at radius 1 is 1.37 bits per heavy atom. The van der Waals surface area contributed by atoms with Crippen molar-refractivity contribution in [2.45, 2.75) is 26.4 Å². The minimum Gasteiger partial charge on any atom is -0.491 e. The summed E-state index contributed by atoms with van der Waals surface area (Å²) < 4.78 is 14.9. The van der Waals surface area contributed by atoms with Crippen LogP contribution in [-0.4, -0.2) is 37.5 Å². The van der Waals surface area contributed by atoms with Gasteiger partial charge in [0.05, 0.1) is 13.2 Å². The van der Waals surface area contributed by atoms with Gasteiger partial charge in [0.15, 0.2) is 6.61 Å². The first-order valence-corrected chi connectivity index (χ1v) is 6.07. The fourth-order valence-electron chi connectivity index (χ4n) is 1.03. The van der Waals surface area contributed by atoms with Gasteiger partial charge in [0, 0.05) is 0 Å². The maximum Gasteiger partial charge on any atom is 0.343 e. The quantitative estimate of drug-likeness (QED) is 0.394. The van der Waals surface area contributed by atoms with Crippen LogP contribution >= 0.6 is 0 Å². The van der Waals surface area contributed by atoms with Gasteiger partial charge in [-0.3, -0.25) is 0 Å². The molecule has 0 fully saturated rings. The highest BCUT2D eigenvalue weighted by atomic mass is 16.6. The van der Waals surface area contributed by atoms with E-state index in [0.29, 0.717) is 11.5 Å². The molecule has 0 aliphatic heterocycles. The van der Waals surface area contributed by atoms with Crippen LogP contribution in [0.15, 0.2) is 36.3 Å². The number of hydrogen-bond acceptors (Lipinski definition) is 5. The third-order valence-corrected chi connectivity index (χ3v) is 1.93. The molecule has 0 aliphatic carbocycles. The van der Waals surface area contributed by atoms with Crippen molar-refractivity contribution in [3.05, 3.63) is 36.3 Å². The van der Waals surface area contributed by atoms with Crippen LogP contribution < -0.4 is 0 Å². The summed E-state index contributed by atoms with van der Waals surface area (Å²) in [7, 11) is 1.29. The highest BCUT2D eigenvalue weighted by Gasteiger charge is 2.01. The molecule has 5 heteroatoms. The Bertz CT molecular complexity index is 342. The third kappa shape index (κ3) is 9.91. The molecule has 0 rings (SSSR count). The average molecular weight is 270 g/mol. The van der Waals surface area contributed by atoms with Crippen LogP contribution in [0.3, 0.4) is 0 Å². The molecule has 1 N–H and O–H groups in total. The van der Waals surface area contributed by atoms with E-state index in [0.717, 1.165) is 6.42 Å². The number of allylic oxidation sites excluding steroid dienone is 3. The lowest BCUT2D eigenvalue weighted by Gasteiger charge is -2.09. The standard InChI is InChI=1S/C14H22O5/c1-5-6-13(19-9-11(2)15)8-7-12(3)18-10-14(16)17-4/h6-8,11,15H,3,5,9-10H2,1-2,4H3/b8-7-,13-6+. The van der Waals surface area contributed by atoms with Crippen molar-refractivity contribution < 1.29 is 24.1 Å². The molecule has 0 aromatic carbocycles. The number of rotatable bonds is 9. The lowest BCUT2D eigenvalue weighted by atomic mass is 10.3. The molecular weight excluding hydrogens is 248 g/mol. The fourth-order valence-corrected chi connectivity index (χ4v) is 1.03. The molecule has 0 aromatic heterocycles. The first kappa shape index (κ1) is 17.2. The predicted octanol–water partition coefficient (Wildman–Crippen LogP) is 1.94. The van der Waals surface area contributed by atoms with Crippen molar-refractivity contribution in [1.29, 1.82) is 0 Å². The first-order chi connectivity index (χ1) is 8.99. The highest BCUT2D eigenvalue weighted by molar-refractivity contribution is 5.70. The molecule has 5 nitrogen and oxygen atoms in total. The van der Waals surface area contributed by atoms with Crippen LogP contribution in [0.2, 0.25) is 0 Å². The van der Waals surface area contributed by atoms with Crippen LogP contribution in [0.4, 0.5) is 0 Å². The van der Waals surface area contributed by atoms with Crippen LogP contribution in [0.5, 0.6) is 0 Å². The molecule has 0 bridgehead atoms. The minimum atomic E-state index is -0.535. The molecule has 108 valence electrons. The van der Waals surface area contributed by atoms with E-state index in [-0.39, 0.29) is 13.2 Å². The third-order valence-electron chi connectivity index (χ3n) is 1.93. The molecule has 0 aromatic rings. The van der Waals surface area contributed by atoms with Crippen molar-refractivity contribution in [1.82, 2.24) is 0 Å². The molecule has 0 amide bonds. The second-order valence-electron chi connectivity index (χ2n) is 3.84. The molecule has 0 saturated carbocycles. The van der Waals surface area contributed by atoms with Gasteiger partial charge in [0.1, 0.15) is 18.1 Å². The van der Waals surface area contributed by atoms with Crippen LogP contribution in [0, 0.1) is 0 Å². The number of hydrogen-bond donors (Lipinski definition) is 1. The zero-order valence-electron chi connectivity index (χ0n) is 11.7. The first-order valence-electron chi connectivity index (χ1n) is 6.07. The molecule has 0 aliphatic rings. The Morgan fingerprint density at radius 3 is 2.58 bits per heavy atom. The van der Waals surface area contributed by atoms with Gasteiger partial charge in [-0.25, -0.2) is 4.79 Å². The smallest absolute Gasteiger partial charge is 0.343 e. The zero-order chi connectivity index (χ0) is 14.7. The van der Waals surface area contributed by atoms with E-state index >= 15 is 0 Å². The van der Waals surface area contributed by atoms with E-state index in [1.54, 1.807) is 19.1 Å². The topological polar surface area (TPSA) is 65.0 Å². The van der Waals surface area contributed by atoms with E-state index in [4.69, 9.17) is 14.6 Å². The summed E-state index contributed by atoms with van der Waals surface area (Å²) in [6.45, 7) is 7.29. The molecule has 0 spiro atoms. The minimum absolute atomic E-state index is 0.180. The van der Waals surface area contributed by atoms with Crippen LogP contribution in [0.1, 0.15) is 20.3 Å². The highest BCUT2D eigenvalue weighted by Crippen LogP contribution is 2.06. The summed E-state index contributed by atoms with van der Waals surface area (Å²) in [6.07, 6.45) is 5.40. The summed E-state index contributed by atoms with van der Waals surface area (Å²) in [4.78, 5) is 10.9. The summed E-state index contributed by atoms with van der Waals surface area (Å²) in [6, 6.07) is 0. The number of carbonyl (C=O) groups excluding carboxylic acids is 1. The van der Waals surface area contributed by atoms with Crippen molar-refractivity contribution >= 4 is 5.97 Å². The second kappa shape index (κ2) is 10.2. The molecule has 0 saturated heterocycles. The van der Waals surface area contributed by atoms with Crippen LogP contribution in [-0.2, 0) is 19.0 Å². The summed E-state index contributed by atoms with van der Waals surface area (Å²) in [5.74, 6) is 0.475. The monoisotopic (exact) mass is 270 g/mol. The lowest BCUT2D eigenvalue weighted by molar-refractivity contribution is -0.144. The molecule has 19 heavy (non-hydrogen) atoms. The number of carbonyl (C=O) groups is 1. The Kier molecular flexibility index (Phi) is 9.26. The average Bonchev–Trinajstić information content (AvgIpc) is 2.38. The van der Waals surface area contributed by atoms with Gasteiger partial charge >= 0.3 is 5.97 Å². The number of ether oxygens (including phenoxy) is 3. The van der Waals surface area contributed by atoms with Gasteiger partial charge in [-0.1, -0.05) is 13.5 Å². The van der Waals surface area contributed by atoms with E-state index < -0.39 is 12.1 Å². The number of esters is 1. The second-order valence-corrected chi connectivity index (χ2v) is 3.84. The van der Waals surface area contributed by atoms with E-state index in [1.165, 1.54) is 7.11 Å². The van der Waals surface area contributed by atoms with E-state index in [9.17, 15) is 4.79 Å². The molecule has 1 atom stereocenters. The Hall–Kier alpha value is -1.75. The Balaban J connectivity index is 4.26. The van der Waals surface area contributed by atoms with Gasteiger partial charge in [-0.2, -0.15) is 0 Å². The van der Waals surface area contributed by atoms with Gasteiger partial charge in [-0.15, -0.1) is 0 Å². The zero-order valence-corrected chi connectivity index (χ0v) is 11.7. The number of methoxy groups -OCH3 is 1. The molecular formula is C14H22O5. The largest absolute Gasteiger partial charge is 0.491 e. The van der Waals surface area contributed by atoms with Gasteiger partial charge in [0.2, 0.25) is 0 Å². The maximum absolute atomic E-state index is 10.9. The van der Waals surface area contributed by atoms with Crippen molar-refractivity contribution in [2.75, 3.05) is 20.3 Å². The van der Waals surface area contributed by atoms with Crippen molar-refractivity contribution in [2.24, 2.45) is 0 Å². The summed E-state index contributed by atoms with van der Waals surface area (Å²) in [5.41, 5.74) is 0. The lowest BCUT2D eigenvalue weighted by Crippen LogP contribution is -2.10. The van der Waals surface area contributed by atoms with Crippen molar-refractivity contribution in [3.63, 3.8) is 0 Å². The van der Waals surface area contributed by atoms with Gasteiger partial charge in [-0.05, 0) is 31.6 Å². The van der Waals surface area contributed by atoms with E-state index in [2.05, 4.69) is 11.3 Å². The molecule has 0 heterocycles. The predicted molar refractivity (Wildman–Crippen MR) is 72.3 cm³/mol. The summed E-state index contributed by atoms with van der Waals surface area (Å²) >= 11 is 0. The van der Waals surface area contributed by atoms with Crippen LogP contribution in [0.25, 0.3) is 0 Å². The van der Waals surface area contributed by atoms with Gasteiger partial charge in [0.25, 0.3) is 0 Å². The van der Waals surface area contributed by atoms with E-state index in [1.807, 2.05) is 13.0 Å². The fraction of sp³-hybridized carbons (Fsp3) is 0.500. The van der Waals surface area contributed by atoms with Crippen molar-refractivity contribution in [3.8, 4) is 0 Å². The Labute approximate surface area is 114 Å². The summed E-state index contributed by atoms with van der Waals surface area (Å²) in [5, 5.41) is 9.15. The maximum atomic E-state index is 10.9. The molecule has 0 radical (unpaired) electrons. The molecule has 1 unspecified atom stereocenters. The number of aliphatic hydroxyl groups excluding tert-OH is 1. The van der Waals surface area contributed by atoms with Gasteiger partial charge < -0.3 is 19.3 Å². The Morgan fingerprint density at radius 2 is 2.05 bits per heavy atom. The number of aliphatic hydroxyl groups is 1. The SMILES string of the molecule is C=C(/C=C\C(=C/CC)OCC(C)O)OCC(=O)OC.